The van der Waals surface area contributed by atoms with Crippen molar-refractivity contribution in [2.75, 3.05) is 20.1 Å². The molecule has 2 heterocycles. The van der Waals surface area contributed by atoms with Gasteiger partial charge in [0.15, 0.2) is 11.6 Å². The van der Waals surface area contributed by atoms with E-state index in [1.54, 1.807) is 19.1 Å². The maximum atomic E-state index is 14.4. The highest BCUT2D eigenvalue weighted by Gasteiger charge is 2.29. The van der Waals surface area contributed by atoms with E-state index in [9.17, 15) is 9.50 Å². The Hall–Kier alpha value is -2.44. The van der Waals surface area contributed by atoms with E-state index < -0.39 is 11.9 Å². The van der Waals surface area contributed by atoms with Crippen LogP contribution in [0.2, 0.25) is 0 Å². The lowest BCUT2D eigenvalue weighted by Crippen LogP contribution is -2.35. The molecule has 1 aliphatic heterocycles. The average Bonchev–Trinajstić information content (AvgIpc) is 3.10. The molecule has 0 bridgehead atoms. The van der Waals surface area contributed by atoms with E-state index in [1.807, 2.05) is 24.3 Å². The van der Waals surface area contributed by atoms with Crippen molar-refractivity contribution < 1.29 is 14.2 Å². The van der Waals surface area contributed by atoms with Crippen LogP contribution in [0.5, 0.6) is 5.75 Å². The number of aromatic amines is 1. The number of hydrogen-bond acceptors (Lipinski definition) is 4. The van der Waals surface area contributed by atoms with Gasteiger partial charge in [-0.3, -0.25) is 0 Å². The molecule has 1 aromatic heterocycles. The van der Waals surface area contributed by atoms with E-state index >= 15 is 0 Å². The number of phenolic OH excluding ortho intramolecular Hbond substituents is 1. The molecule has 1 aliphatic rings. The first-order chi connectivity index (χ1) is 13.0. The van der Waals surface area contributed by atoms with Crippen molar-refractivity contribution in [1.82, 2.24) is 14.9 Å². The van der Waals surface area contributed by atoms with Crippen LogP contribution in [-0.4, -0.2) is 46.2 Å². The Bertz CT molecular complexity index is 915. The first-order valence-electron chi connectivity index (χ1n) is 9.29. The molecule has 0 radical (unpaired) electrons. The van der Waals surface area contributed by atoms with Crippen molar-refractivity contribution in [2.24, 2.45) is 0 Å². The number of likely N-dealkylation sites (tertiary alicyclic amines) is 1. The summed E-state index contributed by atoms with van der Waals surface area (Å²) in [6, 6.07) is 11.1. The molecule has 0 aliphatic carbocycles. The molecule has 3 aromatic rings. The molecule has 4 rings (SSSR count). The molecule has 6 heteroatoms. The summed E-state index contributed by atoms with van der Waals surface area (Å²) in [5.41, 5.74) is 2.50. The largest absolute Gasteiger partial charge is 0.505 e. The van der Waals surface area contributed by atoms with Gasteiger partial charge >= 0.3 is 0 Å². The van der Waals surface area contributed by atoms with Crippen molar-refractivity contribution in [3.8, 4) is 5.75 Å². The fourth-order valence-electron chi connectivity index (χ4n) is 3.59. The smallest absolute Gasteiger partial charge is 0.168 e. The molecule has 1 unspecified atom stereocenters. The number of aryl methyl sites for hydroxylation is 1. The van der Waals surface area contributed by atoms with Crippen molar-refractivity contribution >= 4 is 11.0 Å². The molecule has 27 heavy (non-hydrogen) atoms. The molecule has 2 aromatic carbocycles. The summed E-state index contributed by atoms with van der Waals surface area (Å²) >= 11 is 0. The quantitative estimate of drug-likeness (QED) is 0.732. The van der Waals surface area contributed by atoms with Gasteiger partial charge in [-0.1, -0.05) is 24.3 Å². The Labute approximate surface area is 157 Å². The predicted molar refractivity (Wildman–Crippen MR) is 102 cm³/mol. The first-order valence-corrected chi connectivity index (χ1v) is 9.29. The van der Waals surface area contributed by atoms with Crippen LogP contribution in [0, 0.1) is 12.7 Å². The van der Waals surface area contributed by atoms with E-state index in [-0.39, 0.29) is 11.9 Å². The monoisotopic (exact) mass is 369 g/mol. The number of halogens is 1. The van der Waals surface area contributed by atoms with Gasteiger partial charge in [0.25, 0.3) is 0 Å². The lowest BCUT2D eigenvalue weighted by atomic mass is 10.0. The number of imidazole rings is 1. The second-order valence-electron chi connectivity index (χ2n) is 7.29. The number of H-pyrrole nitrogens is 1. The predicted octanol–water partition coefficient (Wildman–Crippen LogP) is 3.92. The first kappa shape index (κ1) is 17.9. The number of rotatable bonds is 4. The van der Waals surface area contributed by atoms with E-state index in [1.165, 1.54) is 0 Å². The highest BCUT2D eigenvalue weighted by molar-refractivity contribution is 5.75. The molecule has 142 valence electrons. The summed E-state index contributed by atoms with van der Waals surface area (Å²) < 4.78 is 20.7. The minimum atomic E-state index is -0.652. The van der Waals surface area contributed by atoms with Gasteiger partial charge in [-0.05, 0) is 44.5 Å². The highest BCUT2D eigenvalue weighted by Crippen LogP contribution is 2.36. The van der Waals surface area contributed by atoms with E-state index in [0.29, 0.717) is 17.0 Å². The van der Waals surface area contributed by atoms with Crippen LogP contribution in [0.15, 0.2) is 36.4 Å². The van der Waals surface area contributed by atoms with Gasteiger partial charge in [-0.15, -0.1) is 0 Å². The van der Waals surface area contributed by atoms with Gasteiger partial charge in [-0.2, -0.15) is 0 Å². The Morgan fingerprint density at radius 3 is 2.70 bits per heavy atom. The fourth-order valence-corrected chi connectivity index (χ4v) is 3.59. The number of piperidine rings is 1. The van der Waals surface area contributed by atoms with Crippen molar-refractivity contribution in [2.45, 2.75) is 32.0 Å². The fraction of sp³-hybridized carbons (Fsp3) is 0.381. The number of phenols is 1. The van der Waals surface area contributed by atoms with Crippen LogP contribution >= 0.6 is 0 Å². The van der Waals surface area contributed by atoms with Crippen LogP contribution in [-0.2, 0) is 4.74 Å². The summed E-state index contributed by atoms with van der Waals surface area (Å²) in [6.07, 6.45) is 1.16. The number of aromatic nitrogens is 2. The third-order valence-electron chi connectivity index (χ3n) is 5.27. The third kappa shape index (κ3) is 3.55. The lowest BCUT2D eigenvalue weighted by Gasteiger charge is -2.31. The van der Waals surface area contributed by atoms with Gasteiger partial charge in [-0.25, -0.2) is 9.37 Å². The number of fused-ring (bicyclic) bond motifs is 1. The van der Waals surface area contributed by atoms with Crippen LogP contribution in [0.4, 0.5) is 4.39 Å². The molecular formula is C21H24FN3O2. The van der Waals surface area contributed by atoms with Crippen LogP contribution in [0.3, 0.4) is 0 Å². The Balaban J connectivity index is 1.74. The molecule has 0 saturated carbocycles. The number of para-hydroxylation sites is 2. The maximum Gasteiger partial charge on any atom is 0.168 e. The number of hydrogen-bond donors (Lipinski definition) is 2. The number of benzene rings is 2. The van der Waals surface area contributed by atoms with Crippen molar-refractivity contribution in [3.63, 3.8) is 0 Å². The van der Waals surface area contributed by atoms with Gasteiger partial charge in [0.2, 0.25) is 0 Å². The van der Waals surface area contributed by atoms with Crippen molar-refractivity contribution in [1.29, 1.82) is 0 Å². The molecule has 2 N–H and O–H groups in total. The van der Waals surface area contributed by atoms with Crippen LogP contribution in [0.25, 0.3) is 11.0 Å². The maximum absolute atomic E-state index is 14.4. The average molecular weight is 369 g/mol. The SMILES string of the molecule is Cc1ccc(C(OC2CCN(C)CC2)c2nc3ccccc3[nH]2)c(O)c1F. The minimum Gasteiger partial charge on any atom is -0.505 e. The molecule has 1 atom stereocenters. The second-order valence-corrected chi connectivity index (χ2v) is 7.29. The van der Waals surface area contributed by atoms with Crippen LogP contribution in [0.1, 0.15) is 35.9 Å². The summed E-state index contributed by atoms with van der Waals surface area (Å²) in [7, 11) is 2.09. The molecule has 1 fully saturated rings. The summed E-state index contributed by atoms with van der Waals surface area (Å²) in [5, 5.41) is 10.5. The van der Waals surface area contributed by atoms with Gasteiger partial charge < -0.3 is 19.7 Å². The zero-order valence-electron chi connectivity index (χ0n) is 15.6. The van der Waals surface area contributed by atoms with Gasteiger partial charge in [0.05, 0.1) is 17.1 Å². The molecule has 0 spiro atoms. The standard InChI is InChI=1S/C21H24FN3O2/c1-13-7-8-15(19(26)18(13)22)20(27-14-9-11-25(2)12-10-14)21-23-16-5-3-4-6-17(16)24-21/h3-8,14,20,26H,9-12H2,1-2H3,(H,23,24). The minimum absolute atomic E-state index is 0.0307. The Morgan fingerprint density at radius 1 is 1.22 bits per heavy atom. The van der Waals surface area contributed by atoms with Gasteiger partial charge in [0.1, 0.15) is 11.9 Å². The zero-order valence-corrected chi connectivity index (χ0v) is 15.6. The molecular weight excluding hydrogens is 345 g/mol. The summed E-state index contributed by atoms with van der Waals surface area (Å²) in [5.74, 6) is -0.400. The molecule has 1 saturated heterocycles. The molecule has 0 amide bonds. The van der Waals surface area contributed by atoms with E-state index in [2.05, 4.69) is 21.9 Å². The van der Waals surface area contributed by atoms with Crippen molar-refractivity contribution in [3.05, 3.63) is 59.2 Å². The number of nitrogens with one attached hydrogen (secondary N) is 1. The Kier molecular flexibility index (Phi) is 4.85. The summed E-state index contributed by atoms with van der Waals surface area (Å²) in [4.78, 5) is 10.2. The molecule has 5 nitrogen and oxygen atoms in total. The number of ether oxygens (including phenoxy) is 1. The topological polar surface area (TPSA) is 61.4 Å². The lowest BCUT2D eigenvalue weighted by molar-refractivity contribution is -0.0273. The van der Waals surface area contributed by atoms with Crippen LogP contribution < -0.4 is 0 Å². The third-order valence-corrected chi connectivity index (χ3v) is 5.27. The second kappa shape index (κ2) is 7.29. The Morgan fingerprint density at radius 2 is 1.96 bits per heavy atom. The zero-order chi connectivity index (χ0) is 19.0. The highest BCUT2D eigenvalue weighted by atomic mass is 19.1. The normalized spacial score (nSPS) is 17.4. The van der Waals surface area contributed by atoms with E-state index in [0.717, 1.165) is 37.0 Å². The van der Waals surface area contributed by atoms with E-state index in [4.69, 9.17) is 4.74 Å². The number of aromatic hydroxyl groups is 1. The summed E-state index contributed by atoms with van der Waals surface area (Å²) in [6.45, 7) is 3.53. The number of nitrogens with zero attached hydrogens (tertiary/aromatic N) is 2. The van der Waals surface area contributed by atoms with Gasteiger partial charge in [0, 0.05) is 18.7 Å².